The number of hydrogen-bond donors (Lipinski definition) is 1. The van der Waals surface area contributed by atoms with E-state index >= 15 is 0 Å². The van der Waals surface area contributed by atoms with Gasteiger partial charge < -0.3 is 15.0 Å². The van der Waals surface area contributed by atoms with E-state index in [9.17, 15) is 0 Å². The third kappa shape index (κ3) is 3.16. The summed E-state index contributed by atoms with van der Waals surface area (Å²) in [4.78, 5) is 4.20. The van der Waals surface area contributed by atoms with E-state index in [0.29, 0.717) is 12.2 Å². The predicted octanol–water partition coefficient (Wildman–Crippen LogP) is 2.42. The Morgan fingerprint density at radius 1 is 1.09 bits per heavy atom. The molecule has 10 heteroatoms. The van der Waals surface area contributed by atoms with Crippen LogP contribution < -0.4 is 10.5 Å². The normalized spacial score (nSPS) is 11.4. The molecule has 2 N–H and O–H groups in total. The van der Waals surface area contributed by atoms with Crippen LogP contribution in [-0.4, -0.2) is 46.3 Å². The van der Waals surface area contributed by atoms with Crippen molar-refractivity contribution in [2.45, 2.75) is 13.3 Å². The van der Waals surface area contributed by atoms with Crippen molar-refractivity contribution in [3.05, 3.63) is 60.1 Å². The van der Waals surface area contributed by atoms with Crippen LogP contribution in [0.15, 0.2) is 42.9 Å². The van der Waals surface area contributed by atoms with Crippen LogP contribution in [0.1, 0.15) is 17.2 Å². The molecule has 10 nitrogen and oxygen atoms in total. The monoisotopic (exact) mass is 429 g/mol. The van der Waals surface area contributed by atoms with Crippen LogP contribution in [-0.2, 0) is 20.5 Å². The summed E-state index contributed by atoms with van der Waals surface area (Å²) in [5.74, 6) is 2.90. The first-order chi connectivity index (χ1) is 15.5. The van der Waals surface area contributed by atoms with E-state index in [2.05, 4.69) is 25.4 Å². The maximum Gasteiger partial charge on any atom is 0.152 e. The van der Waals surface area contributed by atoms with Gasteiger partial charge in [-0.3, -0.25) is 4.68 Å². The number of benzene rings is 1. The molecule has 0 amide bonds. The van der Waals surface area contributed by atoms with E-state index in [-0.39, 0.29) is 0 Å². The van der Waals surface area contributed by atoms with Gasteiger partial charge in [0.15, 0.2) is 5.82 Å². The van der Waals surface area contributed by atoms with Crippen molar-refractivity contribution in [1.29, 1.82) is 0 Å². The van der Waals surface area contributed by atoms with Crippen LogP contribution in [0, 0.1) is 6.92 Å². The van der Waals surface area contributed by atoms with Gasteiger partial charge in [0, 0.05) is 37.8 Å². The van der Waals surface area contributed by atoms with Gasteiger partial charge in [0.05, 0.1) is 12.8 Å². The molecule has 1 aromatic carbocycles. The number of fused-ring (bicyclic) bond motifs is 1. The van der Waals surface area contributed by atoms with Crippen LogP contribution in [0.25, 0.3) is 28.0 Å². The standard InChI is InChI=1S/C22H23N9O/c1-13-26-27-20(30(13)3)10-15-6-5-14(9-19(15)32-4)16-11-18(17-7-8-29(2)28-17)31-21(16)22(23)24-12-25-31/h5-9,11-12H,10H2,1-4H3,(H2,23,24,25). The lowest BCUT2D eigenvalue weighted by Crippen LogP contribution is -2.02. The van der Waals surface area contributed by atoms with Crippen molar-refractivity contribution in [3.63, 3.8) is 0 Å². The third-order valence-corrected chi connectivity index (χ3v) is 5.69. The lowest BCUT2D eigenvalue weighted by Gasteiger charge is -2.11. The first-order valence-corrected chi connectivity index (χ1v) is 10.1. The zero-order valence-corrected chi connectivity index (χ0v) is 18.3. The highest BCUT2D eigenvalue weighted by Crippen LogP contribution is 2.36. The lowest BCUT2D eigenvalue weighted by molar-refractivity contribution is 0.410. The van der Waals surface area contributed by atoms with Gasteiger partial charge in [-0.15, -0.1) is 10.2 Å². The van der Waals surface area contributed by atoms with Crippen LogP contribution >= 0.6 is 0 Å². The summed E-state index contributed by atoms with van der Waals surface area (Å²) in [6.45, 7) is 1.93. The Balaban J connectivity index is 1.63. The molecule has 32 heavy (non-hydrogen) atoms. The Hall–Kier alpha value is -4.21. The third-order valence-electron chi connectivity index (χ3n) is 5.69. The van der Waals surface area contributed by atoms with Crippen molar-refractivity contribution in [2.24, 2.45) is 14.1 Å². The molecule has 0 aliphatic rings. The van der Waals surface area contributed by atoms with Crippen molar-refractivity contribution < 1.29 is 4.74 Å². The van der Waals surface area contributed by atoms with Gasteiger partial charge in [-0.05, 0) is 30.7 Å². The highest BCUT2D eigenvalue weighted by Gasteiger charge is 2.19. The number of anilines is 1. The minimum Gasteiger partial charge on any atom is -0.496 e. The highest BCUT2D eigenvalue weighted by molar-refractivity contribution is 5.91. The average Bonchev–Trinajstić information content (AvgIpc) is 3.48. The maximum atomic E-state index is 6.27. The Morgan fingerprint density at radius 3 is 2.62 bits per heavy atom. The molecule has 5 aromatic rings. The minimum absolute atomic E-state index is 0.398. The molecule has 0 atom stereocenters. The van der Waals surface area contributed by atoms with E-state index in [4.69, 9.17) is 10.5 Å². The topological polar surface area (TPSA) is 114 Å². The number of aryl methyl sites for hydroxylation is 2. The molecule has 0 unspecified atom stereocenters. The summed E-state index contributed by atoms with van der Waals surface area (Å²) in [6.07, 6.45) is 3.96. The van der Waals surface area contributed by atoms with Crippen LogP contribution in [0.3, 0.4) is 0 Å². The fourth-order valence-corrected chi connectivity index (χ4v) is 3.86. The van der Waals surface area contributed by atoms with Crippen molar-refractivity contribution >= 4 is 11.3 Å². The Morgan fingerprint density at radius 2 is 1.94 bits per heavy atom. The Bertz CT molecular complexity index is 1440. The molecule has 0 saturated carbocycles. The van der Waals surface area contributed by atoms with Gasteiger partial charge in [0.1, 0.15) is 34.9 Å². The SMILES string of the molecule is COc1cc(-c2cc(-c3ccn(C)n3)n3ncnc(N)c23)ccc1Cc1nnc(C)n1C. The molecule has 4 heterocycles. The van der Waals surface area contributed by atoms with Gasteiger partial charge in [-0.25, -0.2) is 9.50 Å². The zero-order valence-electron chi connectivity index (χ0n) is 18.3. The number of ether oxygens (including phenoxy) is 1. The first kappa shape index (κ1) is 19.7. The molecule has 4 aromatic heterocycles. The fourth-order valence-electron chi connectivity index (χ4n) is 3.86. The summed E-state index contributed by atoms with van der Waals surface area (Å²) >= 11 is 0. The Labute approximate surface area is 184 Å². The van der Waals surface area contributed by atoms with Gasteiger partial charge in [0.25, 0.3) is 0 Å². The van der Waals surface area contributed by atoms with Gasteiger partial charge >= 0.3 is 0 Å². The predicted molar refractivity (Wildman–Crippen MR) is 120 cm³/mol. The minimum atomic E-state index is 0.398. The number of methoxy groups -OCH3 is 1. The van der Waals surface area contributed by atoms with Gasteiger partial charge in [-0.2, -0.15) is 10.2 Å². The second-order valence-electron chi connectivity index (χ2n) is 7.65. The average molecular weight is 429 g/mol. The summed E-state index contributed by atoms with van der Waals surface area (Å²) in [5.41, 5.74) is 11.5. The van der Waals surface area contributed by atoms with Crippen molar-refractivity contribution in [3.8, 4) is 28.3 Å². The van der Waals surface area contributed by atoms with E-state index < -0.39 is 0 Å². The molecule has 0 radical (unpaired) electrons. The molecule has 0 aliphatic carbocycles. The van der Waals surface area contributed by atoms with Crippen LogP contribution in [0.4, 0.5) is 5.82 Å². The number of nitrogens with zero attached hydrogens (tertiary/aromatic N) is 8. The number of hydrogen-bond acceptors (Lipinski definition) is 7. The first-order valence-electron chi connectivity index (χ1n) is 10.1. The van der Waals surface area contributed by atoms with Gasteiger partial charge in [0.2, 0.25) is 0 Å². The van der Waals surface area contributed by atoms with Gasteiger partial charge in [-0.1, -0.05) is 12.1 Å². The van der Waals surface area contributed by atoms with Crippen LogP contribution in [0.2, 0.25) is 0 Å². The number of rotatable bonds is 5. The fraction of sp³-hybridized carbons (Fsp3) is 0.227. The zero-order chi connectivity index (χ0) is 22.4. The van der Waals surface area contributed by atoms with Crippen LogP contribution in [0.5, 0.6) is 5.75 Å². The molecule has 0 saturated heterocycles. The molecule has 0 spiro atoms. The molecule has 0 fully saturated rings. The Kier molecular flexibility index (Phi) is 4.62. The molecule has 0 aliphatic heterocycles. The molecule has 162 valence electrons. The molecular formula is C22H23N9O. The number of nitrogens with two attached hydrogens (primary N) is 1. The van der Waals surface area contributed by atoms with E-state index in [1.54, 1.807) is 16.3 Å². The van der Waals surface area contributed by atoms with Crippen molar-refractivity contribution in [1.82, 2.24) is 39.1 Å². The van der Waals surface area contributed by atoms with E-state index in [1.165, 1.54) is 6.33 Å². The lowest BCUT2D eigenvalue weighted by atomic mass is 10.0. The van der Waals surface area contributed by atoms with E-state index in [1.807, 2.05) is 62.1 Å². The molecule has 5 rings (SSSR count). The number of aromatic nitrogens is 8. The molecule has 0 bridgehead atoms. The summed E-state index contributed by atoms with van der Waals surface area (Å²) < 4.78 is 11.2. The largest absolute Gasteiger partial charge is 0.496 e. The summed E-state index contributed by atoms with van der Waals surface area (Å²) in [7, 11) is 5.51. The summed E-state index contributed by atoms with van der Waals surface area (Å²) in [6, 6.07) is 10.1. The maximum absolute atomic E-state index is 6.27. The molecular weight excluding hydrogens is 406 g/mol. The smallest absolute Gasteiger partial charge is 0.152 e. The van der Waals surface area contributed by atoms with E-state index in [0.717, 1.165) is 51.0 Å². The second-order valence-corrected chi connectivity index (χ2v) is 7.65. The quantitative estimate of drug-likeness (QED) is 0.456. The van der Waals surface area contributed by atoms with Crippen molar-refractivity contribution in [2.75, 3.05) is 12.8 Å². The highest BCUT2D eigenvalue weighted by atomic mass is 16.5. The summed E-state index contributed by atoms with van der Waals surface area (Å²) in [5, 5.41) is 17.4. The number of nitrogen functional groups attached to an aromatic ring is 1. The second kappa shape index (κ2) is 7.49.